The number of carbonyl (C=O) groups excluding carboxylic acids is 2. The van der Waals surface area contributed by atoms with E-state index in [1.165, 1.54) is 7.11 Å². The first-order valence-corrected chi connectivity index (χ1v) is 11.0. The molecule has 174 valence electrons. The Hall–Kier alpha value is -2.96. The van der Waals surface area contributed by atoms with Crippen LogP contribution in [-0.2, 0) is 16.1 Å². The third-order valence-electron chi connectivity index (χ3n) is 5.74. The van der Waals surface area contributed by atoms with Crippen molar-refractivity contribution < 1.29 is 14.3 Å². The largest absolute Gasteiger partial charge is 0.469 e. The first-order valence-electron chi connectivity index (χ1n) is 10.7. The van der Waals surface area contributed by atoms with Crippen LogP contribution < -0.4 is 4.90 Å². The topological polar surface area (TPSA) is 54.8 Å². The molecule has 0 atom stereocenters. The van der Waals surface area contributed by atoms with Gasteiger partial charge in [0.2, 0.25) is 0 Å². The Bertz CT molecular complexity index is 1090. The molecule has 0 saturated carbocycles. The van der Waals surface area contributed by atoms with Crippen LogP contribution in [0.5, 0.6) is 0 Å². The lowest BCUT2D eigenvalue weighted by molar-refractivity contribution is -0.140. The SMILES string of the molecule is COC(=O)CCn1cc(C(=O)N2CCN(c3cccc(Cl)c3)CC2)c(-c2ccccc2)c1.Cl. The Kier molecular flexibility index (Phi) is 8.42. The van der Waals surface area contributed by atoms with Gasteiger partial charge in [-0.05, 0) is 23.8 Å². The standard InChI is InChI=1S/C25H26ClN3O3.ClH/c1-32-24(30)10-11-27-17-22(19-6-3-2-4-7-19)23(18-27)25(31)29-14-12-28(13-15-29)21-9-5-8-20(26)16-21;/h2-9,16-18H,10-15H2,1H3;1H. The highest BCUT2D eigenvalue weighted by Crippen LogP contribution is 2.27. The number of halogens is 2. The van der Waals surface area contributed by atoms with Crippen molar-refractivity contribution in [2.75, 3.05) is 38.2 Å². The number of aromatic nitrogens is 1. The van der Waals surface area contributed by atoms with E-state index in [0.29, 0.717) is 30.2 Å². The lowest BCUT2D eigenvalue weighted by Gasteiger charge is -2.36. The van der Waals surface area contributed by atoms with Gasteiger partial charge in [-0.15, -0.1) is 12.4 Å². The van der Waals surface area contributed by atoms with E-state index in [9.17, 15) is 9.59 Å². The monoisotopic (exact) mass is 487 g/mol. The van der Waals surface area contributed by atoms with Gasteiger partial charge in [0.1, 0.15) is 0 Å². The van der Waals surface area contributed by atoms with E-state index in [4.69, 9.17) is 16.3 Å². The van der Waals surface area contributed by atoms with E-state index >= 15 is 0 Å². The normalized spacial score (nSPS) is 13.4. The summed E-state index contributed by atoms with van der Waals surface area (Å²) in [5.41, 5.74) is 3.57. The predicted octanol–water partition coefficient (Wildman–Crippen LogP) is 4.76. The van der Waals surface area contributed by atoms with Crippen molar-refractivity contribution in [3.8, 4) is 11.1 Å². The van der Waals surface area contributed by atoms with Crippen molar-refractivity contribution in [2.45, 2.75) is 13.0 Å². The van der Waals surface area contributed by atoms with Gasteiger partial charge in [0.15, 0.2) is 0 Å². The maximum atomic E-state index is 13.5. The number of piperazine rings is 1. The Morgan fingerprint density at radius 3 is 2.36 bits per heavy atom. The smallest absolute Gasteiger partial charge is 0.307 e. The van der Waals surface area contributed by atoms with Crippen LogP contribution in [0.3, 0.4) is 0 Å². The van der Waals surface area contributed by atoms with Crippen LogP contribution in [0.2, 0.25) is 5.02 Å². The molecule has 0 spiro atoms. The van der Waals surface area contributed by atoms with Gasteiger partial charge in [0.25, 0.3) is 5.91 Å². The van der Waals surface area contributed by atoms with Crippen molar-refractivity contribution >= 4 is 41.6 Å². The number of aryl methyl sites for hydroxylation is 1. The fourth-order valence-electron chi connectivity index (χ4n) is 3.99. The molecule has 4 rings (SSSR count). The minimum absolute atomic E-state index is 0. The number of ether oxygens (including phenoxy) is 1. The molecule has 1 amide bonds. The van der Waals surface area contributed by atoms with Gasteiger partial charge >= 0.3 is 5.97 Å². The first kappa shape index (κ1) is 24.7. The van der Waals surface area contributed by atoms with Crippen LogP contribution >= 0.6 is 24.0 Å². The number of anilines is 1. The van der Waals surface area contributed by atoms with Crippen molar-refractivity contribution in [3.63, 3.8) is 0 Å². The maximum absolute atomic E-state index is 13.5. The van der Waals surface area contributed by atoms with Crippen LogP contribution in [0.25, 0.3) is 11.1 Å². The number of esters is 1. The summed E-state index contributed by atoms with van der Waals surface area (Å²) in [6, 6.07) is 17.7. The van der Waals surface area contributed by atoms with Crippen LogP contribution in [0, 0.1) is 0 Å². The zero-order valence-electron chi connectivity index (χ0n) is 18.4. The number of hydrogen-bond donors (Lipinski definition) is 0. The molecular weight excluding hydrogens is 461 g/mol. The molecule has 0 unspecified atom stereocenters. The molecule has 2 heterocycles. The summed E-state index contributed by atoms with van der Waals surface area (Å²) in [4.78, 5) is 29.2. The van der Waals surface area contributed by atoms with Crippen LogP contribution in [-0.4, -0.2) is 54.6 Å². The second-order valence-electron chi connectivity index (χ2n) is 7.77. The van der Waals surface area contributed by atoms with E-state index in [1.807, 2.05) is 76.5 Å². The van der Waals surface area contributed by atoms with Gasteiger partial charge in [-0.3, -0.25) is 9.59 Å². The molecular formula is C25H27Cl2N3O3. The highest BCUT2D eigenvalue weighted by atomic mass is 35.5. The molecule has 0 N–H and O–H groups in total. The van der Waals surface area contributed by atoms with Gasteiger partial charge in [-0.25, -0.2) is 0 Å². The maximum Gasteiger partial charge on any atom is 0.307 e. The fraction of sp³-hybridized carbons (Fsp3) is 0.280. The Morgan fingerprint density at radius 2 is 1.70 bits per heavy atom. The number of benzene rings is 2. The molecule has 0 radical (unpaired) electrons. The predicted molar refractivity (Wildman–Crippen MR) is 133 cm³/mol. The molecule has 3 aromatic rings. The van der Waals surface area contributed by atoms with Gasteiger partial charge in [-0.1, -0.05) is 48.0 Å². The summed E-state index contributed by atoms with van der Waals surface area (Å²) in [6.45, 7) is 3.22. The molecule has 1 aliphatic rings. The second-order valence-corrected chi connectivity index (χ2v) is 8.21. The van der Waals surface area contributed by atoms with Crippen LogP contribution in [0.1, 0.15) is 16.8 Å². The van der Waals surface area contributed by atoms with Gasteiger partial charge in [0.05, 0.1) is 19.1 Å². The third kappa shape index (κ3) is 5.89. The molecule has 8 heteroatoms. The van der Waals surface area contributed by atoms with Crippen molar-refractivity contribution in [3.05, 3.63) is 77.6 Å². The average Bonchev–Trinajstić information content (AvgIpc) is 3.27. The lowest BCUT2D eigenvalue weighted by atomic mass is 10.0. The third-order valence-corrected chi connectivity index (χ3v) is 5.97. The van der Waals surface area contributed by atoms with E-state index in [1.54, 1.807) is 0 Å². The molecule has 1 saturated heterocycles. The van der Waals surface area contributed by atoms with E-state index in [2.05, 4.69) is 4.90 Å². The fourth-order valence-corrected chi connectivity index (χ4v) is 4.17. The summed E-state index contributed by atoms with van der Waals surface area (Å²) in [6.07, 6.45) is 4.04. The van der Waals surface area contributed by atoms with E-state index in [0.717, 1.165) is 29.9 Å². The summed E-state index contributed by atoms with van der Waals surface area (Å²) < 4.78 is 6.65. The zero-order chi connectivity index (χ0) is 22.5. The molecule has 6 nitrogen and oxygen atoms in total. The minimum Gasteiger partial charge on any atom is -0.469 e. The average molecular weight is 488 g/mol. The summed E-state index contributed by atoms with van der Waals surface area (Å²) in [5, 5.41) is 0.710. The molecule has 2 aromatic carbocycles. The number of carbonyl (C=O) groups is 2. The Morgan fingerprint density at radius 1 is 0.970 bits per heavy atom. The number of rotatable bonds is 6. The zero-order valence-corrected chi connectivity index (χ0v) is 20.0. The number of methoxy groups -OCH3 is 1. The lowest BCUT2D eigenvalue weighted by Crippen LogP contribution is -2.48. The summed E-state index contributed by atoms with van der Waals surface area (Å²) in [5.74, 6) is -0.267. The van der Waals surface area contributed by atoms with E-state index in [-0.39, 0.29) is 30.7 Å². The Balaban J connectivity index is 0.00000306. The highest BCUT2D eigenvalue weighted by molar-refractivity contribution is 6.30. The van der Waals surface area contributed by atoms with E-state index < -0.39 is 0 Å². The summed E-state index contributed by atoms with van der Waals surface area (Å²) >= 11 is 6.13. The second kappa shape index (κ2) is 11.3. The Labute approximate surface area is 205 Å². The molecule has 1 fully saturated rings. The first-order chi connectivity index (χ1) is 15.5. The van der Waals surface area contributed by atoms with Crippen LogP contribution in [0.4, 0.5) is 5.69 Å². The molecule has 0 bridgehead atoms. The summed E-state index contributed by atoms with van der Waals surface area (Å²) in [7, 11) is 1.38. The van der Waals surface area contributed by atoms with Crippen molar-refractivity contribution in [1.29, 1.82) is 0 Å². The van der Waals surface area contributed by atoms with Crippen LogP contribution in [0.15, 0.2) is 67.0 Å². The van der Waals surface area contributed by atoms with Gasteiger partial charge in [-0.2, -0.15) is 0 Å². The number of hydrogen-bond acceptors (Lipinski definition) is 4. The van der Waals surface area contributed by atoms with Crippen molar-refractivity contribution in [2.24, 2.45) is 0 Å². The minimum atomic E-state index is -0.273. The number of nitrogens with zero attached hydrogens (tertiary/aromatic N) is 3. The van der Waals surface area contributed by atoms with Gasteiger partial charge < -0.3 is 19.1 Å². The molecule has 0 aliphatic carbocycles. The highest BCUT2D eigenvalue weighted by Gasteiger charge is 2.26. The van der Waals surface area contributed by atoms with Crippen molar-refractivity contribution in [1.82, 2.24) is 9.47 Å². The quantitative estimate of drug-likeness (QED) is 0.470. The molecule has 1 aromatic heterocycles. The molecule has 33 heavy (non-hydrogen) atoms. The molecule has 1 aliphatic heterocycles. The number of amides is 1. The van der Waals surface area contributed by atoms with Gasteiger partial charge in [0, 0.05) is 61.4 Å².